The van der Waals surface area contributed by atoms with Crippen molar-refractivity contribution in [1.82, 2.24) is 0 Å². The molecule has 0 radical (unpaired) electrons. The van der Waals surface area contributed by atoms with Crippen molar-refractivity contribution in [2.24, 2.45) is 5.92 Å². The van der Waals surface area contributed by atoms with Gasteiger partial charge in [-0.1, -0.05) is 44.5 Å². The summed E-state index contributed by atoms with van der Waals surface area (Å²) in [5, 5.41) is 15.3. The molecule has 0 aromatic heterocycles. The number of benzene rings is 2. The van der Waals surface area contributed by atoms with Crippen LogP contribution in [0.1, 0.15) is 63.5 Å². The topological polar surface area (TPSA) is 116 Å². The van der Waals surface area contributed by atoms with E-state index in [1.54, 1.807) is 0 Å². The second-order valence-electron chi connectivity index (χ2n) is 10.4. The Kier molecular flexibility index (Phi) is 9.59. The van der Waals surface area contributed by atoms with Gasteiger partial charge in [0.25, 0.3) is 0 Å². The molecule has 2 amide bonds. The van der Waals surface area contributed by atoms with Gasteiger partial charge >= 0.3 is 12.0 Å². The Morgan fingerprint density at radius 3 is 2.27 bits per heavy atom. The van der Waals surface area contributed by atoms with Crippen LogP contribution < -0.4 is 15.5 Å². The van der Waals surface area contributed by atoms with Gasteiger partial charge in [0.05, 0.1) is 29.3 Å². The van der Waals surface area contributed by atoms with Crippen molar-refractivity contribution in [3.8, 4) is 0 Å². The van der Waals surface area contributed by atoms with Gasteiger partial charge < -0.3 is 20.6 Å². The van der Waals surface area contributed by atoms with E-state index in [1.165, 1.54) is 0 Å². The standard InChI is InChI=1S/C28H39N3O5S/c1-5-21(17-27(32)33)22-8-11-26(31(18-19(2)3)24-12-14-37(35,36)15-13-24)25(16-22)30-28(34)29-23-9-6-20(4)7-10-23/h6-11,16,19,21,24H,5,12-15,17-18H2,1-4H3,(H,32,33)(H2,29,30,34)/t21-/m0/s1. The third kappa shape index (κ3) is 8.21. The normalized spacial score (nSPS) is 16.2. The van der Waals surface area contributed by atoms with Crippen molar-refractivity contribution in [2.45, 2.75) is 65.3 Å². The van der Waals surface area contributed by atoms with E-state index in [4.69, 9.17) is 0 Å². The van der Waals surface area contributed by atoms with E-state index >= 15 is 0 Å². The molecule has 1 aliphatic heterocycles. The van der Waals surface area contributed by atoms with Crippen LogP contribution in [-0.4, -0.2) is 49.6 Å². The van der Waals surface area contributed by atoms with Crippen molar-refractivity contribution >= 4 is 38.9 Å². The minimum absolute atomic E-state index is 0.00103. The number of aliphatic carboxylic acids is 1. The minimum atomic E-state index is -3.02. The van der Waals surface area contributed by atoms with E-state index in [0.29, 0.717) is 43.1 Å². The third-order valence-corrected chi connectivity index (χ3v) is 8.52. The number of urea groups is 1. The molecule has 1 atom stereocenters. The minimum Gasteiger partial charge on any atom is -0.481 e. The lowest BCUT2D eigenvalue weighted by Crippen LogP contribution is -2.43. The maximum atomic E-state index is 13.0. The van der Waals surface area contributed by atoms with Gasteiger partial charge in [0.15, 0.2) is 0 Å². The molecule has 202 valence electrons. The fourth-order valence-electron chi connectivity index (χ4n) is 4.82. The summed E-state index contributed by atoms with van der Waals surface area (Å²) in [6.45, 7) is 8.84. The zero-order valence-electron chi connectivity index (χ0n) is 22.2. The maximum absolute atomic E-state index is 13.0. The monoisotopic (exact) mass is 529 g/mol. The van der Waals surface area contributed by atoms with Crippen LogP contribution in [0.4, 0.5) is 21.9 Å². The van der Waals surface area contributed by atoms with E-state index in [2.05, 4.69) is 29.4 Å². The molecule has 3 N–H and O–H groups in total. The Hall–Kier alpha value is -3.07. The highest BCUT2D eigenvalue weighted by molar-refractivity contribution is 7.91. The molecule has 2 aromatic rings. The highest BCUT2D eigenvalue weighted by Gasteiger charge is 2.30. The van der Waals surface area contributed by atoms with Gasteiger partial charge in [0.2, 0.25) is 0 Å². The first kappa shape index (κ1) is 28.5. The summed E-state index contributed by atoms with van der Waals surface area (Å²) < 4.78 is 24.2. The van der Waals surface area contributed by atoms with E-state index < -0.39 is 21.8 Å². The average molecular weight is 530 g/mol. The first-order valence-electron chi connectivity index (χ1n) is 12.9. The Balaban J connectivity index is 1.98. The number of aryl methyl sites for hydroxylation is 1. The number of amides is 2. The van der Waals surface area contributed by atoms with Crippen molar-refractivity contribution in [3.05, 3.63) is 53.6 Å². The number of carbonyl (C=O) groups is 2. The van der Waals surface area contributed by atoms with Gasteiger partial charge in [-0.3, -0.25) is 4.79 Å². The Bertz CT molecular complexity index is 1180. The second-order valence-corrected chi connectivity index (χ2v) is 12.7. The number of nitrogens with one attached hydrogen (secondary N) is 2. The Morgan fingerprint density at radius 1 is 1.05 bits per heavy atom. The smallest absolute Gasteiger partial charge is 0.323 e. The number of hydrogen-bond donors (Lipinski definition) is 3. The lowest BCUT2D eigenvalue weighted by atomic mass is 9.92. The number of carbonyl (C=O) groups excluding carboxylic acids is 1. The zero-order chi connectivity index (χ0) is 27.2. The molecule has 3 rings (SSSR count). The van der Waals surface area contributed by atoms with Gasteiger partial charge in [-0.05, 0) is 67.9 Å². The molecule has 8 nitrogen and oxygen atoms in total. The van der Waals surface area contributed by atoms with E-state index in [-0.39, 0.29) is 29.9 Å². The lowest BCUT2D eigenvalue weighted by molar-refractivity contribution is -0.137. The number of anilines is 3. The molecule has 1 aliphatic rings. The quantitative estimate of drug-likeness (QED) is 0.366. The fraction of sp³-hybridized carbons (Fsp3) is 0.500. The first-order chi connectivity index (χ1) is 17.5. The van der Waals surface area contributed by atoms with E-state index in [9.17, 15) is 23.1 Å². The molecule has 0 aliphatic carbocycles. The van der Waals surface area contributed by atoms with Gasteiger partial charge in [-0.25, -0.2) is 13.2 Å². The van der Waals surface area contributed by atoms with Crippen LogP contribution in [0, 0.1) is 12.8 Å². The summed E-state index contributed by atoms with van der Waals surface area (Å²) in [6.07, 6.45) is 1.71. The molecule has 1 heterocycles. The van der Waals surface area contributed by atoms with Gasteiger partial charge in [0, 0.05) is 18.3 Å². The summed E-state index contributed by atoms with van der Waals surface area (Å²) in [7, 11) is -3.02. The highest BCUT2D eigenvalue weighted by atomic mass is 32.2. The second kappa shape index (κ2) is 12.4. The Morgan fingerprint density at radius 2 is 1.70 bits per heavy atom. The van der Waals surface area contributed by atoms with Gasteiger partial charge in [-0.15, -0.1) is 0 Å². The van der Waals surface area contributed by atoms with Crippen molar-refractivity contribution in [2.75, 3.05) is 33.6 Å². The van der Waals surface area contributed by atoms with Crippen molar-refractivity contribution in [1.29, 1.82) is 0 Å². The molecule has 0 bridgehead atoms. The number of carboxylic acid groups (broad SMARTS) is 1. The number of sulfone groups is 1. The number of hydrogen-bond acceptors (Lipinski definition) is 5. The molecule has 37 heavy (non-hydrogen) atoms. The molecule has 9 heteroatoms. The largest absolute Gasteiger partial charge is 0.481 e. The van der Waals surface area contributed by atoms with Crippen LogP contribution >= 0.6 is 0 Å². The molecule has 0 spiro atoms. The molecule has 1 saturated heterocycles. The van der Waals surface area contributed by atoms with E-state index in [1.807, 2.05) is 56.3 Å². The van der Waals surface area contributed by atoms with E-state index in [0.717, 1.165) is 16.8 Å². The van der Waals surface area contributed by atoms with Crippen molar-refractivity contribution < 1.29 is 23.1 Å². The van der Waals surface area contributed by atoms with Crippen LogP contribution in [0.15, 0.2) is 42.5 Å². The summed E-state index contributed by atoms with van der Waals surface area (Å²) in [5.41, 5.74) is 3.99. The van der Waals surface area contributed by atoms with Crippen LogP contribution in [0.2, 0.25) is 0 Å². The summed E-state index contributed by atoms with van der Waals surface area (Å²) in [5.74, 6) is -0.449. The predicted molar refractivity (Wildman–Crippen MR) is 149 cm³/mol. The SMILES string of the molecule is CC[C@@H](CC(=O)O)c1ccc(N(CC(C)C)C2CCS(=O)(=O)CC2)c(NC(=O)Nc2ccc(C)cc2)c1. The average Bonchev–Trinajstić information content (AvgIpc) is 2.82. The Labute approximate surface area is 220 Å². The first-order valence-corrected chi connectivity index (χ1v) is 14.8. The summed E-state index contributed by atoms with van der Waals surface area (Å²) in [4.78, 5) is 26.7. The molecule has 0 unspecified atom stereocenters. The predicted octanol–water partition coefficient (Wildman–Crippen LogP) is 5.65. The van der Waals surface area contributed by atoms with Crippen LogP contribution in [0.25, 0.3) is 0 Å². The van der Waals surface area contributed by atoms with Gasteiger partial charge in [0.1, 0.15) is 9.84 Å². The summed E-state index contributed by atoms with van der Waals surface area (Å²) >= 11 is 0. The lowest BCUT2D eigenvalue weighted by Gasteiger charge is -2.38. The van der Waals surface area contributed by atoms with Crippen LogP contribution in [0.3, 0.4) is 0 Å². The van der Waals surface area contributed by atoms with Crippen LogP contribution in [-0.2, 0) is 14.6 Å². The zero-order valence-corrected chi connectivity index (χ0v) is 23.0. The number of rotatable bonds is 10. The highest BCUT2D eigenvalue weighted by Crippen LogP contribution is 2.36. The molecular weight excluding hydrogens is 490 g/mol. The number of carboxylic acids is 1. The molecule has 2 aromatic carbocycles. The van der Waals surface area contributed by atoms with Gasteiger partial charge in [-0.2, -0.15) is 0 Å². The fourth-order valence-corrected chi connectivity index (χ4v) is 6.28. The number of nitrogens with zero attached hydrogens (tertiary/aromatic N) is 1. The van der Waals surface area contributed by atoms with Crippen molar-refractivity contribution in [3.63, 3.8) is 0 Å². The van der Waals surface area contributed by atoms with Crippen LogP contribution in [0.5, 0.6) is 0 Å². The molecular formula is C28H39N3O5S. The maximum Gasteiger partial charge on any atom is 0.323 e. The molecule has 0 saturated carbocycles. The third-order valence-electron chi connectivity index (χ3n) is 6.80. The summed E-state index contributed by atoms with van der Waals surface area (Å²) in [6, 6.07) is 12.9. The molecule has 1 fully saturated rings.